The summed E-state index contributed by atoms with van der Waals surface area (Å²) in [6, 6.07) is 0.603. The van der Waals surface area contributed by atoms with Crippen LogP contribution >= 0.6 is 0 Å². The summed E-state index contributed by atoms with van der Waals surface area (Å²) in [6.07, 6.45) is 4.36. The molecule has 0 bridgehead atoms. The van der Waals surface area contributed by atoms with Crippen molar-refractivity contribution in [3.8, 4) is 0 Å². The molecule has 18 heavy (non-hydrogen) atoms. The van der Waals surface area contributed by atoms with E-state index in [1.165, 1.54) is 6.42 Å². The lowest BCUT2D eigenvalue weighted by molar-refractivity contribution is -0.138. The van der Waals surface area contributed by atoms with Crippen LogP contribution in [-0.2, 0) is 9.53 Å². The first-order valence-corrected chi connectivity index (χ1v) is 7.36. The molecule has 2 unspecified atom stereocenters. The van der Waals surface area contributed by atoms with Crippen molar-refractivity contribution < 1.29 is 9.53 Å². The quantitative estimate of drug-likeness (QED) is 0.824. The zero-order valence-corrected chi connectivity index (χ0v) is 11.7. The third kappa shape index (κ3) is 3.23. The van der Waals surface area contributed by atoms with Crippen LogP contribution in [0.5, 0.6) is 0 Å². The number of hydrogen-bond donors (Lipinski definition) is 1. The summed E-state index contributed by atoms with van der Waals surface area (Å²) in [7, 11) is 0. The van der Waals surface area contributed by atoms with Crippen LogP contribution in [-0.4, -0.2) is 49.2 Å². The minimum Gasteiger partial charge on any atom is -0.378 e. The van der Waals surface area contributed by atoms with Crippen molar-refractivity contribution >= 4 is 5.91 Å². The molecule has 0 aromatic rings. The molecule has 0 radical (unpaired) electrons. The Bertz CT molecular complexity index is 275. The fourth-order valence-corrected chi connectivity index (χ4v) is 2.94. The number of piperidine rings is 1. The van der Waals surface area contributed by atoms with Crippen molar-refractivity contribution in [1.82, 2.24) is 10.2 Å². The number of rotatable bonds is 4. The summed E-state index contributed by atoms with van der Waals surface area (Å²) in [4.78, 5) is 14.4. The van der Waals surface area contributed by atoms with E-state index in [4.69, 9.17) is 4.74 Å². The van der Waals surface area contributed by atoms with E-state index in [1.54, 1.807) is 0 Å². The molecule has 0 aromatic heterocycles. The third-order valence-corrected chi connectivity index (χ3v) is 4.18. The van der Waals surface area contributed by atoms with Gasteiger partial charge in [0.1, 0.15) is 0 Å². The van der Waals surface area contributed by atoms with Crippen molar-refractivity contribution in [2.24, 2.45) is 5.92 Å². The Labute approximate surface area is 110 Å². The number of likely N-dealkylation sites (tertiary alicyclic amines) is 1. The largest absolute Gasteiger partial charge is 0.378 e. The molecule has 2 saturated heterocycles. The van der Waals surface area contributed by atoms with Gasteiger partial charge in [-0.15, -0.1) is 0 Å². The maximum atomic E-state index is 12.4. The molecule has 1 amide bonds. The maximum Gasteiger partial charge on any atom is 0.228 e. The lowest BCUT2D eigenvalue weighted by Crippen LogP contribution is -2.47. The monoisotopic (exact) mass is 254 g/mol. The fourth-order valence-electron chi connectivity index (χ4n) is 2.94. The van der Waals surface area contributed by atoms with Gasteiger partial charge >= 0.3 is 0 Å². The molecule has 0 saturated carbocycles. The van der Waals surface area contributed by atoms with Gasteiger partial charge in [-0.05, 0) is 39.2 Å². The summed E-state index contributed by atoms with van der Waals surface area (Å²) in [5.74, 6) is 0.416. The first-order valence-electron chi connectivity index (χ1n) is 7.36. The van der Waals surface area contributed by atoms with Crippen LogP contribution in [0.1, 0.15) is 39.5 Å². The van der Waals surface area contributed by atoms with Gasteiger partial charge in [0.25, 0.3) is 0 Å². The van der Waals surface area contributed by atoms with Gasteiger partial charge in [-0.1, -0.05) is 6.92 Å². The first-order chi connectivity index (χ1) is 8.72. The molecule has 104 valence electrons. The number of nitrogens with zero attached hydrogens (tertiary/aromatic N) is 1. The Kier molecular flexibility index (Phi) is 5.01. The van der Waals surface area contributed by atoms with Crippen LogP contribution in [0.3, 0.4) is 0 Å². The standard InChI is InChI=1S/C14H26N2O2/c1-3-7-15-12-4-8-16(9-5-12)14(17)13-6-10-18-11(13)2/h11-13,15H,3-10H2,1-2H3. The number of carbonyl (C=O) groups is 1. The van der Waals surface area contributed by atoms with Gasteiger partial charge in [-0.25, -0.2) is 0 Å². The van der Waals surface area contributed by atoms with E-state index in [0.29, 0.717) is 11.9 Å². The zero-order chi connectivity index (χ0) is 13.0. The van der Waals surface area contributed by atoms with Gasteiger partial charge in [0.2, 0.25) is 5.91 Å². The summed E-state index contributed by atoms with van der Waals surface area (Å²) in [6.45, 7) is 7.85. The number of amides is 1. The third-order valence-electron chi connectivity index (χ3n) is 4.18. The van der Waals surface area contributed by atoms with E-state index < -0.39 is 0 Å². The van der Waals surface area contributed by atoms with Gasteiger partial charge in [0.15, 0.2) is 0 Å². The average molecular weight is 254 g/mol. The maximum absolute atomic E-state index is 12.4. The predicted molar refractivity (Wildman–Crippen MR) is 71.4 cm³/mol. The van der Waals surface area contributed by atoms with E-state index in [0.717, 1.165) is 45.5 Å². The zero-order valence-electron chi connectivity index (χ0n) is 11.7. The van der Waals surface area contributed by atoms with E-state index in [2.05, 4.69) is 12.2 Å². The second-order valence-corrected chi connectivity index (χ2v) is 5.52. The average Bonchev–Trinajstić information content (AvgIpc) is 2.82. The summed E-state index contributed by atoms with van der Waals surface area (Å²) in [5, 5.41) is 3.55. The topological polar surface area (TPSA) is 41.6 Å². The highest BCUT2D eigenvalue weighted by Crippen LogP contribution is 2.24. The highest BCUT2D eigenvalue weighted by atomic mass is 16.5. The number of carbonyl (C=O) groups excluding carboxylic acids is 1. The Morgan fingerprint density at radius 1 is 1.33 bits per heavy atom. The van der Waals surface area contributed by atoms with E-state index in [9.17, 15) is 4.79 Å². The molecule has 1 N–H and O–H groups in total. The van der Waals surface area contributed by atoms with Crippen LogP contribution in [0, 0.1) is 5.92 Å². The molecule has 2 heterocycles. The van der Waals surface area contributed by atoms with Gasteiger partial charge in [0.05, 0.1) is 12.0 Å². The fraction of sp³-hybridized carbons (Fsp3) is 0.929. The number of ether oxygens (including phenoxy) is 1. The van der Waals surface area contributed by atoms with Crippen molar-refractivity contribution in [2.75, 3.05) is 26.2 Å². The summed E-state index contributed by atoms with van der Waals surface area (Å²) in [5.41, 5.74) is 0. The molecule has 2 atom stereocenters. The minimum absolute atomic E-state index is 0.102. The predicted octanol–water partition coefficient (Wildman–Crippen LogP) is 1.40. The SMILES string of the molecule is CCCNC1CCN(C(=O)C2CCOC2C)CC1. The van der Waals surface area contributed by atoms with E-state index in [1.807, 2.05) is 11.8 Å². The Morgan fingerprint density at radius 3 is 2.61 bits per heavy atom. The molecule has 4 heteroatoms. The van der Waals surface area contributed by atoms with Gasteiger partial charge in [-0.2, -0.15) is 0 Å². The molecule has 0 aromatic carbocycles. The van der Waals surface area contributed by atoms with Crippen LogP contribution in [0.15, 0.2) is 0 Å². The van der Waals surface area contributed by atoms with Gasteiger partial charge in [-0.3, -0.25) is 4.79 Å². The smallest absolute Gasteiger partial charge is 0.228 e. The highest BCUT2D eigenvalue weighted by molar-refractivity contribution is 5.79. The molecular formula is C14H26N2O2. The van der Waals surface area contributed by atoms with Crippen molar-refractivity contribution in [1.29, 1.82) is 0 Å². The second kappa shape index (κ2) is 6.53. The lowest BCUT2D eigenvalue weighted by atomic mass is 9.98. The molecule has 0 spiro atoms. The van der Waals surface area contributed by atoms with Crippen LogP contribution in [0.4, 0.5) is 0 Å². The van der Waals surface area contributed by atoms with Crippen molar-refractivity contribution in [3.05, 3.63) is 0 Å². The normalized spacial score (nSPS) is 29.8. The number of hydrogen-bond acceptors (Lipinski definition) is 3. The first kappa shape index (κ1) is 13.8. The molecule has 4 nitrogen and oxygen atoms in total. The van der Waals surface area contributed by atoms with Gasteiger partial charge in [0, 0.05) is 25.7 Å². The lowest BCUT2D eigenvalue weighted by Gasteiger charge is -2.34. The summed E-state index contributed by atoms with van der Waals surface area (Å²) < 4.78 is 5.49. The van der Waals surface area contributed by atoms with Crippen molar-refractivity contribution in [2.45, 2.75) is 51.7 Å². The highest BCUT2D eigenvalue weighted by Gasteiger charge is 2.34. The minimum atomic E-state index is 0.102. The van der Waals surface area contributed by atoms with Crippen molar-refractivity contribution in [3.63, 3.8) is 0 Å². The Hall–Kier alpha value is -0.610. The second-order valence-electron chi connectivity index (χ2n) is 5.52. The van der Waals surface area contributed by atoms with Gasteiger partial charge < -0.3 is 15.0 Å². The van der Waals surface area contributed by atoms with E-state index >= 15 is 0 Å². The Morgan fingerprint density at radius 2 is 2.06 bits per heavy atom. The number of nitrogens with one attached hydrogen (secondary N) is 1. The molecule has 2 rings (SSSR count). The van der Waals surface area contributed by atoms with E-state index in [-0.39, 0.29) is 12.0 Å². The molecule has 2 fully saturated rings. The molecular weight excluding hydrogens is 228 g/mol. The summed E-state index contributed by atoms with van der Waals surface area (Å²) >= 11 is 0. The molecule has 2 aliphatic heterocycles. The van der Waals surface area contributed by atoms with Crippen LogP contribution in [0.25, 0.3) is 0 Å². The van der Waals surface area contributed by atoms with Crippen LogP contribution in [0.2, 0.25) is 0 Å². The Balaban J connectivity index is 1.77. The molecule has 0 aliphatic carbocycles. The van der Waals surface area contributed by atoms with Crippen LogP contribution < -0.4 is 5.32 Å². The molecule has 2 aliphatic rings.